The van der Waals surface area contributed by atoms with Crippen LogP contribution in [0.2, 0.25) is 0 Å². The topological polar surface area (TPSA) is 12.0 Å². The van der Waals surface area contributed by atoms with Crippen molar-refractivity contribution in [1.29, 1.82) is 0 Å². The lowest BCUT2D eigenvalue weighted by atomic mass is 9.76. The first-order chi connectivity index (χ1) is 4.61. The van der Waals surface area contributed by atoms with E-state index in [4.69, 9.17) is 0 Å². The third kappa shape index (κ3) is 1.77. The Balaban J connectivity index is 2.62. The largest absolute Gasteiger partial charge is 0.505 e. The first-order valence-corrected chi connectivity index (χ1v) is 3.20. The van der Waals surface area contributed by atoms with E-state index >= 15 is 0 Å². The fraction of sp³-hybridized carbons (Fsp3) is 0.600. The molecule has 10 heavy (non-hydrogen) atoms. The van der Waals surface area contributed by atoms with Gasteiger partial charge in [-0.25, -0.2) is 0 Å². The minimum absolute atomic E-state index is 0.128. The maximum atomic E-state index is 11.9. The molecule has 0 saturated carbocycles. The smallest absolute Gasteiger partial charge is 0.445 e. The van der Waals surface area contributed by atoms with E-state index in [1.165, 1.54) is 6.08 Å². The van der Waals surface area contributed by atoms with Crippen LogP contribution in [0.4, 0.5) is 12.9 Å². The highest BCUT2D eigenvalue weighted by atomic mass is 19.4. The average molecular weight is 150 g/mol. The fourth-order valence-corrected chi connectivity index (χ4v) is 0.937. The molecule has 1 N–H and O–H groups in total. The summed E-state index contributed by atoms with van der Waals surface area (Å²) in [6.07, 6.45) is 1.35. The van der Waals surface area contributed by atoms with E-state index in [0.29, 0.717) is 13.1 Å². The Morgan fingerprint density at radius 2 is 2.10 bits per heavy atom. The standard InChI is InChI=1S/C5H8BF3N/c7-6(8,9)5-1-3-10-4-2-5/h1,10H,2-4H2/q-1. The molecule has 1 rings (SSSR count). The summed E-state index contributed by atoms with van der Waals surface area (Å²) in [7, 11) is 0. The third-order valence-electron chi connectivity index (χ3n) is 1.52. The van der Waals surface area contributed by atoms with Gasteiger partial charge in [0.25, 0.3) is 0 Å². The van der Waals surface area contributed by atoms with Gasteiger partial charge in [0.1, 0.15) is 0 Å². The zero-order chi connectivity index (χ0) is 7.61. The number of hydrogen-bond donors (Lipinski definition) is 1. The summed E-state index contributed by atoms with van der Waals surface area (Å²) in [4.78, 5) is 0. The Kier molecular flexibility index (Phi) is 2.04. The number of nitrogens with one attached hydrogen (secondary N) is 1. The predicted molar refractivity (Wildman–Crippen MR) is 34.6 cm³/mol. The quantitative estimate of drug-likeness (QED) is 0.555. The molecule has 0 spiro atoms. The third-order valence-corrected chi connectivity index (χ3v) is 1.52. The van der Waals surface area contributed by atoms with Crippen LogP contribution >= 0.6 is 0 Å². The lowest BCUT2D eigenvalue weighted by Crippen LogP contribution is -2.29. The van der Waals surface area contributed by atoms with Crippen molar-refractivity contribution >= 4 is 6.98 Å². The van der Waals surface area contributed by atoms with E-state index in [0.717, 1.165) is 0 Å². The summed E-state index contributed by atoms with van der Waals surface area (Å²) in [5.41, 5.74) is -0.334. The Bertz CT molecular complexity index is 151. The monoisotopic (exact) mass is 150 g/mol. The normalized spacial score (nSPS) is 20.5. The fourth-order valence-electron chi connectivity index (χ4n) is 0.937. The Morgan fingerprint density at radius 3 is 2.40 bits per heavy atom. The Labute approximate surface area is 57.4 Å². The highest BCUT2D eigenvalue weighted by Gasteiger charge is 2.28. The van der Waals surface area contributed by atoms with Gasteiger partial charge in [0.15, 0.2) is 0 Å². The van der Waals surface area contributed by atoms with Crippen molar-refractivity contribution in [3.05, 3.63) is 11.5 Å². The summed E-state index contributed by atoms with van der Waals surface area (Å²) in [6.45, 7) is -3.90. The van der Waals surface area contributed by atoms with Crippen molar-refractivity contribution in [3.8, 4) is 0 Å². The zero-order valence-corrected chi connectivity index (χ0v) is 5.41. The molecule has 0 aliphatic carbocycles. The van der Waals surface area contributed by atoms with E-state index in [2.05, 4.69) is 5.32 Å². The van der Waals surface area contributed by atoms with Crippen LogP contribution in [0, 0.1) is 0 Å². The molecule has 0 radical (unpaired) electrons. The number of hydrogen-bond acceptors (Lipinski definition) is 1. The van der Waals surface area contributed by atoms with Crippen molar-refractivity contribution in [2.24, 2.45) is 0 Å². The van der Waals surface area contributed by atoms with Gasteiger partial charge in [-0.3, -0.25) is 0 Å². The first-order valence-electron chi connectivity index (χ1n) is 3.20. The number of halogens is 3. The van der Waals surface area contributed by atoms with Crippen LogP contribution in [0.25, 0.3) is 0 Å². The van der Waals surface area contributed by atoms with Crippen molar-refractivity contribution in [2.45, 2.75) is 6.42 Å². The van der Waals surface area contributed by atoms with Gasteiger partial charge < -0.3 is 18.3 Å². The maximum Gasteiger partial charge on any atom is 0.505 e. The molecule has 0 fully saturated rings. The molecule has 58 valence electrons. The molecule has 0 bridgehead atoms. The molecule has 1 nitrogen and oxygen atoms in total. The maximum absolute atomic E-state index is 11.9. The summed E-state index contributed by atoms with van der Waals surface area (Å²) < 4.78 is 35.7. The second kappa shape index (κ2) is 2.66. The highest BCUT2D eigenvalue weighted by Crippen LogP contribution is 2.23. The van der Waals surface area contributed by atoms with Gasteiger partial charge in [0.2, 0.25) is 0 Å². The zero-order valence-electron chi connectivity index (χ0n) is 5.41. The molecule has 0 aromatic heterocycles. The van der Waals surface area contributed by atoms with Crippen molar-refractivity contribution in [1.82, 2.24) is 5.32 Å². The van der Waals surface area contributed by atoms with Crippen LogP contribution in [0.3, 0.4) is 0 Å². The van der Waals surface area contributed by atoms with Crippen LogP contribution in [0.5, 0.6) is 0 Å². The molecule has 0 atom stereocenters. The van der Waals surface area contributed by atoms with E-state index in [9.17, 15) is 12.9 Å². The second-order valence-electron chi connectivity index (χ2n) is 2.31. The van der Waals surface area contributed by atoms with Gasteiger partial charge in [-0.1, -0.05) is 0 Å². The minimum atomic E-state index is -4.71. The van der Waals surface area contributed by atoms with Gasteiger partial charge >= 0.3 is 6.98 Å². The summed E-state index contributed by atoms with van der Waals surface area (Å²) >= 11 is 0. The van der Waals surface area contributed by atoms with Gasteiger partial charge in [-0.2, -0.15) is 0 Å². The van der Waals surface area contributed by atoms with Crippen molar-refractivity contribution in [2.75, 3.05) is 13.1 Å². The van der Waals surface area contributed by atoms with E-state index in [1.54, 1.807) is 0 Å². The van der Waals surface area contributed by atoms with Gasteiger partial charge in [0.05, 0.1) is 0 Å². The van der Waals surface area contributed by atoms with Crippen LogP contribution in [-0.4, -0.2) is 20.1 Å². The Morgan fingerprint density at radius 1 is 1.40 bits per heavy atom. The average Bonchev–Trinajstić information content (AvgIpc) is 1.88. The number of rotatable bonds is 1. The van der Waals surface area contributed by atoms with Crippen LogP contribution in [-0.2, 0) is 0 Å². The predicted octanol–water partition coefficient (Wildman–Crippen LogP) is 1.29. The van der Waals surface area contributed by atoms with Crippen LogP contribution < -0.4 is 5.32 Å². The van der Waals surface area contributed by atoms with Crippen molar-refractivity contribution in [3.63, 3.8) is 0 Å². The molecule has 0 saturated heterocycles. The SMILES string of the molecule is F[B-](F)(F)C1=CCNCC1. The summed E-state index contributed by atoms with van der Waals surface area (Å²) in [5.74, 6) is 0. The van der Waals surface area contributed by atoms with E-state index < -0.39 is 6.98 Å². The molecule has 0 aromatic carbocycles. The molecule has 1 heterocycles. The second-order valence-corrected chi connectivity index (χ2v) is 2.31. The molecular formula is C5H8BF3N-. The van der Waals surface area contributed by atoms with Crippen LogP contribution in [0.1, 0.15) is 6.42 Å². The highest BCUT2D eigenvalue weighted by molar-refractivity contribution is 6.66. The lowest BCUT2D eigenvalue weighted by molar-refractivity contribution is 0.480. The molecule has 1 aliphatic rings. The molecule has 0 aromatic rings. The van der Waals surface area contributed by atoms with Crippen LogP contribution in [0.15, 0.2) is 11.5 Å². The molecular weight excluding hydrogens is 142 g/mol. The minimum Gasteiger partial charge on any atom is -0.445 e. The van der Waals surface area contributed by atoms with E-state index in [-0.39, 0.29) is 11.9 Å². The summed E-state index contributed by atoms with van der Waals surface area (Å²) in [5, 5.41) is 2.82. The first kappa shape index (κ1) is 7.66. The van der Waals surface area contributed by atoms with E-state index in [1.807, 2.05) is 0 Å². The van der Waals surface area contributed by atoms with Gasteiger partial charge in [0, 0.05) is 6.54 Å². The van der Waals surface area contributed by atoms with Crippen molar-refractivity contribution < 1.29 is 12.9 Å². The molecule has 5 heteroatoms. The lowest BCUT2D eigenvalue weighted by Gasteiger charge is -2.22. The molecule has 1 aliphatic heterocycles. The van der Waals surface area contributed by atoms with Gasteiger partial charge in [-0.15, -0.1) is 11.5 Å². The molecule has 0 unspecified atom stereocenters. The summed E-state index contributed by atoms with van der Waals surface area (Å²) in [6, 6.07) is 0. The molecule has 0 amide bonds. The Hall–Kier alpha value is -0.445. The van der Waals surface area contributed by atoms with Gasteiger partial charge in [-0.05, 0) is 13.0 Å².